The van der Waals surface area contributed by atoms with E-state index in [2.05, 4.69) is 29.4 Å². The molecule has 5 rings (SSSR count). The van der Waals surface area contributed by atoms with Gasteiger partial charge in [-0.15, -0.1) is 0 Å². The SMILES string of the molecule is O=C(COc1ccccc1)OCC(=O)N1N=C(c2ccc3ccccc3c2)CC1c1ccccc1. The van der Waals surface area contributed by atoms with Gasteiger partial charge in [0.05, 0.1) is 11.8 Å². The lowest BCUT2D eigenvalue weighted by Crippen LogP contribution is -2.32. The fourth-order valence-corrected chi connectivity index (χ4v) is 4.13. The van der Waals surface area contributed by atoms with Crippen LogP contribution in [0.25, 0.3) is 10.8 Å². The van der Waals surface area contributed by atoms with E-state index in [1.165, 1.54) is 5.01 Å². The lowest BCUT2D eigenvalue weighted by Gasteiger charge is -2.21. The molecule has 1 heterocycles. The molecular formula is C29H24N2O4. The highest BCUT2D eigenvalue weighted by Gasteiger charge is 2.33. The van der Waals surface area contributed by atoms with Crippen molar-refractivity contribution in [2.24, 2.45) is 5.10 Å². The molecule has 0 bridgehead atoms. The first-order chi connectivity index (χ1) is 17.2. The zero-order chi connectivity index (χ0) is 24.0. The number of carbonyl (C=O) groups excluding carboxylic acids is 2. The molecular weight excluding hydrogens is 440 g/mol. The summed E-state index contributed by atoms with van der Waals surface area (Å²) in [6.07, 6.45) is 0.569. The van der Waals surface area contributed by atoms with E-state index in [-0.39, 0.29) is 18.6 Å². The molecule has 0 aliphatic carbocycles. The molecule has 1 aliphatic heterocycles. The quantitative estimate of drug-likeness (QED) is 0.355. The molecule has 6 heteroatoms. The van der Waals surface area contributed by atoms with Gasteiger partial charge in [0.25, 0.3) is 5.91 Å². The first kappa shape index (κ1) is 22.3. The van der Waals surface area contributed by atoms with Crippen LogP contribution in [0.3, 0.4) is 0 Å². The summed E-state index contributed by atoms with van der Waals surface area (Å²) >= 11 is 0. The molecule has 0 saturated heterocycles. The Kier molecular flexibility index (Phi) is 6.52. The maximum atomic E-state index is 13.1. The standard InChI is InChI=1S/C29H24N2O4/c32-28(19-35-29(33)20-34-25-13-5-2-6-14-25)31-27(22-10-3-1-4-11-22)18-26(30-31)24-16-15-21-9-7-8-12-23(21)17-24/h1-17,27H,18-20H2. The van der Waals surface area contributed by atoms with Gasteiger partial charge in [0.15, 0.2) is 13.2 Å². The topological polar surface area (TPSA) is 68.2 Å². The van der Waals surface area contributed by atoms with Gasteiger partial charge in [-0.05, 0) is 40.1 Å². The maximum absolute atomic E-state index is 13.1. The van der Waals surface area contributed by atoms with Crippen LogP contribution in [0, 0.1) is 0 Å². The average molecular weight is 465 g/mol. The molecule has 6 nitrogen and oxygen atoms in total. The van der Waals surface area contributed by atoms with Gasteiger partial charge in [-0.2, -0.15) is 5.10 Å². The minimum absolute atomic E-state index is 0.273. The van der Waals surface area contributed by atoms with Crippen LogP contribution < -0.4 is 4.74 Å². The second-order valence-electron chi connectivity index (χ2n) is 8.24. The Balaban J connectivity index is 1.31. The predicted molar refractivity (Wildman–Crippen MR) is 134 cm³/mol. The van der Waals surface area contributed by atoms with Crippen molar-refractivity contribution in [1.29, 1.82) is 0 Å². The number of benzene rings is 4. The van der Waals surface area contributed by atoms with Crippen molar-refractivity contribution < 1.29 is 19.1 Å². The molecule has 0 fully saturated rings. The first-order valence-corrected chi connectivity index (χ1v) is 11.4. The third-order valence-electron chi connectivity index (χ3n) is 5.89. The predicted octanol–water partition coefficient (Wildman–Crippen LogP) is 5.14. The van der Waals surface area contributed by atoms with E-state index in [1.54, 1.807) is 12.1 Å². The number of fused-ring (bicyclic) bond motifs is 1. The Morgan fingerprint density at radius 3 is 2.26 bits per heavy atom. The van der Waals surface area contributed by atoms with Crippen LogP contribution in [-0.2, 0) is 14.3 Å². The maximum Gasteiger partial charge on any atom is 0.344 e. The van der Waals surface area contributed by atoms with Gasteiger partial charge in [0.2, 0.25) is 0 Å². The van der Waals surface area contributed by atoms with Crippen molar-refractivity contribution in [2.45, 2.75) is 12.5 Å². The number of rotatable bonds is 7. The number of hydrogen-bond donors (Lipinski definition) is 0. The number of amides is 1. The highest BCUT2D eigenvalue weighted by atomic mass is 16.6. The summed E-state index contributed by atoms with van der Waals surface area (Å²) in [5, 5.41) is 8.37. The van der Waals surface area contributed by atoms with Crippen molar-refractivity contribution in [3.8, 4) is 5.75 Å². The summed E-state index contributed by atoms with van der Waals surface area (Å²) in [7, 11) is 0. The molecule has 1 unspecified atom stereocenters. The van der Waals surface area contributed by atoms with Crippen LogP contribution in [0.4, 0.5) is 0 Å². The highest BCUT2D eigenvalue weighted by molar-refractivity contribution is 6.05. The molecule has 174 valence electrons. The minimum atomic E-state index is -0.614. The molecule has 0 radical (unpaired) electrons. The summed E-state index contributed by atoms with van der Waals surface area (Å²) in [4.78, 5) is 25.2. The molecule has 35 heavy (non-hydrogen) atoms. The van der Waals surface area contributed by atoms with Crippen LogP contribution in [0.5, 0.6) is 5.75 Å². The smallest absolute Gasteiger partial charge is 0.344 e. The number of ether oxygens (including phenoxy) is 2. The molecule has 0 saturated carbocycles. The second-order valence-corrected chi connectivity index (χ2v) is 8.24. The first-order valence-electron chi connectivity index (χ1n) is 11.4. The highest BCUT2D eigenvalue weighted by Crippen LogP contribution is 2.33. The lowest BCUT2D eigenvalue weighted by molar-refractivity contribution is -0.154. The third kappa shape index (κ3) is 5.22. The van der Waals surface area contributed by atoms with E-state index in [0.29, 0.717) is 12.2 Å². The van der Waals surface area contributed by atoms with Crippen LogP contribution >= 0.6 is 0 Å². The molecule has 1 aliphatic rings. The van der Waals surface area contributed by atoms with E-state index in [1.807, 2.05) is 66.7 Å². The van der Waals surface area contributed by atoms with Gasteiger partial charge in [-0.25, -0.2) is 9.80 Å². The van der Waals surface area contributed by atoms with Gasteiger partial charge < -0.3 is 9.47 Å². The van der Waals surface area contributed by atoms with Gasteiger partial charge in [-0.3, -0.25) is 4.79 Å². The minimum Gasteiger partial charge on any atom is -0.482 e. The molecule has 1 amide bonds. The van der Waals surface area contributed by atoms with E-state index in [9.17, 15) is 9.59 Å². The van der Waals surface area contributed by atoms with E-state index in [0.717, 1.165) is 27.6 Å². The van der Waals surface area contributed by atoms with Crippen LogP contribution in [0.2, 0.25) is 0 Å². The fourth-order valence-electron chi connectivity index (χ4n) is 4.13. The number of nitrogens with zero attached hydrogens (tertiary/aromatic N) is 2. The van der Waals surface area contributed by atoms with Gasteiger partial charge >= 0.3 is 5.97 Å². The largest absolute Gasteiger partial charge is 0.482 e. The fraction of sp³-hybridized carbons (Fsp3) is 0.138. The lowest BCUT2D eigenvalue weighted by atomic mass is 9.97. The van der Waals surface area contributed by atoms with Gasteiger partial charge in [0, 0.05) is 6.42 Å². The Morgan fingerprint density at radius 1 is 0.800 bits per heavy atom. The van der Waals surface area contributed by atoms with E-state index in [4.69, 9.17) is 9.47 Å². The molecule has 1 atom stereocenters. The van der Waals surface area contributed by atoms with Crippen molar-refractivity contribution in [3.05, 3.63) is 114 Å². The monoisotopic (exact) mass is 464 g/mol. The molecule has 0 N–H and O–H groups in total. The molecule has 4 aromatic carbocycles. The van der Waals surface area contributed by atoms with Gasteiger partial charge in [0.1, 0.15) is 5.75 Å². The number of hydrazone groups is 1. The Hall–Kier alpha value is -4.45. The summed E-state index contributed by atoms with van der Waals surface area (Å²) < 4.78 is 10.6. The normalized spacial score (nSPS) is 15.0. The summed E-state index contributed by atoms with van der Waals surface area (Å²) in [5.74, 6) is -0.441. The van der Waals surface area contributed by atoms with Crippen molar-refractivity contribution in [3.63, 3.8) is 0 Å². The Morgan fingerprint density at radius 2 is 1.49 bits per heavy atom. The number of carbonyl (C=O) groups is 2. The summed E-state index contributed by atoms with van der Waals surface area (Å²) in [5.41, 5.74) is 2.75. The van der Waals surface area contributed by atoms with E-state index >= 15 is 0 Å². The number of esters is 1. The average Bonchev–Trinajstić information content (AvgIpc) is 3.37. The summed E-state index contributed by atoms with van der Waals surface area (Å²) in [6.45, 7) is -0.681. The Bertz CT molecular complexity index is 1370. The zero-order valence-corrected chi connectivity index (χ0v) is 19.0. The molecule has 4 aromatic rings. The Labute approximate surface area is 203 Å². The van der Waals surface area contributed by atoms with Crippen molar-refractivity contribution in [2.75, 3.05) is 13.2 Å². The molecule has 0 aromatic heterocycles. The second kappa shape index (κ2) is 10.2. The number of hydrogen-bond acceptors (Lipinski definition) is 5. The van der Waals surface area contributed by atoms with Crippen molar-refractivity contribution in [1.82, 2.24) is 5.01 Å². The van der Waals surface area contributed by atoms with Crippen LogP contribution in [0.1, 0.15) is 23.6 Å². The number of para-hydroxylation sites is 1. The van der Waals surface area contributed by atoms with Crippen LogP contribution in [0.15, 0.2) is 108 Å². The van der Waals surface area contributed by atoms with Crippen LogP contribution in [-0.4, -0.2) is 35.8 Å². The summed E-state index contributed by atoms with van der Waals surface area (Å²) in [6, 6.07) is 32.8. The third-order valence-corrected chi connectivity index (χ3v) is 5.89. The van der Waals surface area contributed by atoms with E-state index < -0.39 is 12.6 Å². The molecule has 0 spiro atoms. The van der Waals surface area contributed by atoms with Gasteiger partial charge in [-0.1, -0.05) is 84.9 Å². The van der Waals surface area contributed by atoms with Crippen molar-refractivity contribution >= 4 is 28.4 Å². The zero-order valence-electron chi connectivity index (χ0n) is 19.0.